The van der Waals surface area contributed by atoms with Crippen LogP contribution in [0, 0.1) is 0 Å². The molecule has 23 heavy (non-hydrogen) atoms. The molecule has 10 nitrogen and oxygen atoms in total. The van der Waals surface area contributed by atoms with Crippen molar-refractivity contribution in [2.45, 2.75) is 73.9 Å². The SMILES string of the molecule is OC[C@H]1N[C@@H](CC[C@H]2OC(O)[C@H](O)[C@@H](O)[C@H]2O)[C@@H](O)[C@@H](O)[C@@H]1O. The molecule has 0 aliphatic carbocycles. The van der Waals surface area contributed by atoms with E-state index in [2.05, 4.69) is 5.32 Å². The molecule has 2 saturated heterocycles. The summed E-state index contributed by atoms with van der Waals surface area (Å²) in [7, 11) is 0. The lowest BCUT2D eigenvalue weighted by molar-refractivity contribution is -0.283. The molecular weight excluding hydrogens is 314 g/mol. The molecule has 2 aliphatic rings. The molecular formula is C13H25NO9. The fraction of sp³-hybridized carbons (Fsp3) is 1.00. The Morgan fingerprint density at radius 3 is 1.83 bits per heavy atom. The van der Waals surface area contributed by atoms with E-state index in [4.69, 9.17) is 9.84 Å². The van der Waals surface area contributed by atoms with Gasteiger partial charge in [0.05, 0.1) is 31.0 Å². The minimum atomic E-state index is -1.64. The normalized spacial score (nSPS) is 51.7. The second kappa shape index (κ2) is 7.66. The van der Waals surface area contributed by atoms with E-state index in [9.17, 15) is 35.7 Å². The summed E-state index contributed by atoms with van der Waals surface area (Å²) < 4.78 is 5.03. The van der Waals surface area contributed by atoms with Crippen molar-refractivity contribution in [1.82, 2.24) is 5.32 Å². The summed E-state index contributed by atoms with van der Waals surface area (Å²) in [5, 5.41) is 79.7. The number of hydrogen-bond acceptors (Lipinski definition) is 10. The van der Waals surface area contributed by atoms with E-state index < -0.39 is 67.7 Å². The van der Waals surface area contributed by atoms with Crippen LogP contribution < -0.4 is 5.32 Å². The molecule has 2 heterocycles. The molecule has 0 saturated carbocycles. The highest BCUT2D eigenvalue weighted by Gasteiger charge is 2.45. The molecule has 2 aliphatic heterocycles. The van der Waals surface area contributed by atoms with Gasteiger partial charge in [0.15, 0.2) is 6.29 Å². The quantitative estimate of drug-likeness (QED) is 0.240. The zero-order valence-corrected chi connectivity index (χ0v) is 12.4. The third kappa shape index (κ3) is 3.82. The number of rotatable bonds is 4. The Hall–Kier alpha value is -0.400. The Bertz CT molecular complexity index is 384. The summed E-state index contributed by atoms with van der Waals surface area (Å²) in [5.74, 6) is 0. The lowest BCUT2D eigenvalue weighted by Gasteiger charge is -2.42. The molecule has 0 aromatic carbocycles. The standard InChI is InChI=1S/C13H25NO9/c15-3-5-8(17)10(19)7(16)4(14-5)1-2-6-9(18)11(20)12(21)13(22)23-6/h4-22H,1-3H2/t4-,5+,6+,7+,8+,9-,10+,11-,12+,13?/m0/s1. The van der Waals surface area contributed by atoms with Crippen LogP contribution in [0.2, 0.25) is 0 Å². The number of ether oxygens (including phenoxy) is 1. The molecule has 1 unspecified atom stereocenters. The molecule has 0 radical (unpaired) electrons. The molecule has 10 heteroatoms. The second-order valence-corrected chi connectivity index (χ2v) is 6.15. The van der Waals surface area contributed by atoms with Crippen molar-refractivity contribution in [3.63, 3.8) is 0 Å². The minimum absolute atomic E-state index is 0.0949. The Balaban J connectivity index is 1.94. The average molecular weight is 339 g/mol. The van der Waals surface area contributed by atoms with Gasteiger partial charge in [-0.25, -0.2) is 0 Å². The maximum atomic E-state index is 9.97. The smallest absolute Gasteiger partial charge is 0.183 e. The molecule has 0 bridgehead atoms. The molecule has 2 rings (SSSR count). The number of aliphatic hydroxyl groups is 8. The van der Waals surface area contributed by atoms with Crippen LogP contribution in [0.5, 0.6) is 0 Å². The largest absolute Gasteiger partial charge is 0.395 e. The van der Waals surface area contributed by atoms with Gasteiger partial charge in [0.2, 0.25) is 0 Å². The van der Waals surface area contributed by atoms with Gasteiger partial charge in [-0.1, -0.05) is 0 Å². The Kier molecular flexibility index (Phi) is 6.30. The Morgan fingerprint density at radius 2 is 1.22 bits per heavy atom. The summed E-state index contributed by atoms with van der Waals surface area (Å²) in [6, 6.07) is -1.50. The van der Waals surface area contributed by atoms with E-state index in [0.29, 0.717) is 0 Å². The second-order valence-electron chi connectivity index (χ2n) is 6.15. The maximum absolute atomic E-state index is 9.97. The van der Waals surface area contributed by atoms with E-state index >= 15 is 0 Å². The van der Waals surface area contributed by atoms with E-state index in [0.717, 1.165) is 0 Å². The van der Waals surface area contributed by atoms with Crippen LogP contribution in [0.15, 0.2) is 0 Å². The molecule has 0 aromatic rings. The zero-order chi connectivity index (χ0) is 17.3. The monoisotopic (exact) mass is 339 g/mol. The maximum Gasteiger partial charge on any atom is 0.183 e. The van der Waals surface area contributed by atoms with E-state index in [1.54, 1.807) is 0 Å². The van der Waals surface area contributed by atoms with E-state index in [1.165, 1.54) is 0 Å². The van der Waals surface area contributed by atoms with Gasteiger partial charge in [0.1, 0.15) is 24.4 Å². The molecule has 10 atom stereocenters. The summed E-state index contributed by atoms with van der Waals surface area (Å²) in [6.07, 6.45) is -11.0. The highest BCUT2D eigenvalue weighted by Crippen LogP contribution is 2.25. The first-order chi connectivity index (χ1) is 10.8. The highest BCUT2D eigenvalue weighted by molar-refractivity contribution is 4.99. The number of nitrogens with one attached hydrogen (secondary N) is 1. The summed E-state index contributed by atoms with van der Waals surface area (Å²) in [5.41, 5.74) is 0. The number of aliphatic hydroxyl groups excluding tert-OH is 8. The first-order valence-electron chi connectivity index (χ1n) is 7.56. The topological polar surface area (TPSA) is 183 Å². The molecule has 0 amide bonds. The predicted octanol–water partition coefficient (Wildman–Crippen LogP) is -5.02. The molecule has 0 aromatic heterocycles. The minimum Gasteiger partial charge on any atom is -0.395 e. The van der Waals surface area contributed by atoms with Gasteiger partial charge in [-0.3, -0.25) is 0 Å². The van der Waals surface area contributed by atoms with Crippen molar-refractivity contribution in [1.29, 1.82) is 0 Å². The molecule has 136 valence electrons. The number of piperidine rings is 1. The van der Waals surface area contributed by atoms with Gasteiger partial charge in [-0.2, -0.15) is 0 Å². The average Bonchev–Trinajstić information content (AvgIpc) is 2.54. The van der Waals surface area contributed by atoms with Gasteiger partial charge < -0.3 is 50.9 Å². The van der Waals surface area contributed by atoms with E-state index in [1.807, 2.05) is 0 Å². The number of hydrogen-bond donors (Lipinski definition) is 9. The highest BCUT2D eigenvalue weighted by atomic mass is 16.6. The van der Waals surface area contributed by atoms with Crippen molar-refractivity contribution >= 4 is 0 Å². The van der Waals surface area contributed by atoms with Crippen molar-refractivity contribution in [3.8, 4) is 0 Å². The van der Waals surface area contributed by atoms with Crippen molar-refractivity contribution in [2.75, 3.05) is 6.61 Å². The summed E-state index contributed by atoms with van der Waals surface area (Å²) in [6.45, 7) is -0.437. The lowest BCUT2D eigenvalue weighted by atomic mass is 9.86. The van der Waals surface area contributed by atoms with Gasteiger partial charge in [-0.05, 0) is 12.8 Å². The van der Waals surface area contributed by atoms with Crippen molar-refractivity contribution < 1.29 is 45.6 Å². The van der Waals surface area contributed by atoms with Crippen LogP contribution in [0.4, 0.5) is 0 Å². The molecule has 2 fully saturated rings. The van der Waals surface area contributed by atoms with Gasteiger partial charge in [0.25, 0.3) is 0 Å². The van der Waals surface area contributed by atoms with Crippen molar-refractivity contribution in [3.05, 3.63) is 0 Å². The zero-order valence-electron chi connectivity index (χ0n) is 12.4. The fourth-order valence-electron chi connectivity index (χ4n) is 3.08. The first kappa shape index (κ1) is 18.9. The Labute approximate surface area is 132 Å². The van der Waals surface area contributed by atoms with Crippen LogP contribution >= 0.6 is 0 Å². The van der Waals surface area contributed by atoms with Gasteiger partial charge in [0, 0.05) is 6.04 Å². The molecule has 0 spiro atoms. The third-order valence-electron chi connectivity index (χ3n) is 4.60. The fourth-order valence-corrected chi connectivity index (χ4v) is 3.08. The lowest BCUT2D eigenvalue weighted by Crippen LogP contribution is -2.66. The first-order valence-corrected chi connectivity index (χ1v) is 7.56. The van der Waals surface area contributed by atoms with Crippen LogP contribution in [-0.4, -0.2) is 109 Å². The van der Waals surface area contributed by atoms with Crippen LogP contribution in [0.1, 0.15) is 12.8 Å². The summed E-state index contributed by atoms with van der Waals surface area (Å²) in [4.78, 5) is 0. The van der Waals surface area contributed by atoms with Crippen LogP contribution in [-0.2, 0) is 4.74 Å². The van der Waals surface area contributed by atoms with Crippen molar-refractivity contribution in [2.24, 2.45) is 0 Å². The van der Waals surface area contributed by atoms with Gasteiger partial charge in [-0.15, -0.1) is 0 Å². The molecule has 9 N–H and O–H groups in total. The van der Waals surface area contributed by atoms with Crippen LogP contribution in [0.25, 0.3) is 0 Å². The third-order valence-corrected chi connectivity index (χ3v) is 4.60. The van der Waals surface area contributed by atoms with Gasteiger partial charge >= 0.3 is 0 Å². The Morgan fingerprint density at radius 1 is 0.652 bits per heavy atom. The van der Waals surface area contributed by atoms with E-state index in [-0.39, 0.29) is 12.8 Å². The summed E-state index contributed by atoms with van der Waals surface area (Å²) >= 11 is 0. The predicted molar refractivity (Wildman–Crippen MR) is 74.0 cm³/mol. The van der Waals surface area contributed by atoms with Crippen LogP contribution in [0.3, 0.4) is 0 Å².